The van der Waals surface area contributed by atoms with Crippen molar-refractivity contribution in [3.8, 4) is 0 Å². The number of carbonyl (C=O) groups is 2. The van der Waals surface area contributed by atoms with Gasteiger partial charge in [0.25, 0.3) is 0 Å². The van der Waals surface area contributed by atoms with E-state index in [1.807, 2.05) is 6.92 Å². The van der Waals surface area contributed by atoms with Crippen molar-refractivity contribution in [1.29, 1.82) is 0 Å². The van der Waals surface area contributed by atoms with Crippen LogP contribution in [0.1, 0.15) is 19.8 Å². The van der Waals surface area contributed by atoms with E-state index in [0.717, 1.165) is 5.41 Å². The first-order valence-corrected chi connectivity index (χ1v) is 7.65. The molecule has 2 heterocycles. The Morgan fingerprint density at radius 3 is 2.72 bits per heavy atom. The Balaban J connectivity index is 2.19. The highest BCUT2D eigenvalue weighted by atomic mass is 32.2. The van der Waals surface area contributed by atoms with E-state index >= 15 is 0 Å². The van der Waals surface area contributed by atoms with Crippen molar-refractivity contribution in [2.45, 2.75) is 31.8 Å². The molecule has 1 saturated heterocycles. The SMILES string of the molecule is CCC1NC(=O)CCN(C2C=CS(=O)(=O)C2)C1=O. The van der Waals surface area contributed by atoms with Crippen LogP contribution in [0.3, 0.4) is 0 Å². The third kappa shape index (κ3) is 2.55. The number of carbonyl (C=O) groups excluding carboxylic acids is 2. The van der Waals surface area contributed by atoms with Crippen LogP contribution in [0.4, 0.5) is 0 Å². The van der Waals surface area contributed by atoms with Crippen LogP contribution in [0, 0.1) is 0 Å². The van der Waals surface area contributed by atoms with Gasteiger partial charge < -0.3 is 10.2 Å². The maximum atomic E-state index is 12.2. The van der Waals surface area contributed by atoms with Crippen LogP contribution in [0.25, 0.3) is 0 Å². The topological polar surface area (TPSA) is 83.6 Å². The molecule has 6 nitrogen and oxygen atoms in total. The van der Waals surface area contributed by atoms with Gasteiger partial charge in [0.1, 0.15) is 6.04 Å². The molecule has 0 aromatic heterocycles. The smallest absolute Gasteiger partial charge is 0.245 e. The van der Waals surface area contributed by atoms with Gasteiger partial charge in [0, 0.05) is 18.4 Å². The van der Waals surface area contributed by atoms with Gasteiger partial charge in [0.2, 0.25) is 11.8 Å². The van der Waals surface area contributed by atoms with Crippen molar-refractivity contribution in [3.63, 3.8) is 0 Å². The lowest BCUT2D eigenvalue weighted by Crippen LogP contribution is -2.48. The minimum absolute atomic E-state index is 0.0800. The minimum atomic E-state index is -3.20. The largest absolute Gasteiger partial charge is 0.344 e. The molecule has 0 aromatic carbocycles. The predicted molar refractivity (Wildman–Crippen MR) is 65.3 cm³/mol. The van der Waals surface area contributed by atoms with Crippen LogP contribution < -0.4 is 5.32 Å². The van der Waals surface area contributed by atoms with Crippen LogP contribution in [0.5, 0.6) is 0 Å². The van der Waals surface area contributed by atoms with Crippen molar-refractivity contribution < 1.29 is 18.0 Å². The summed E-state index contributed by atoms with van der Waals surface area (Å²) in [6.07, 6.45) is 2.24. The summed E-state index contributed by atoms with van der Waals surface area (Å²) >= 11 is 0. The van der Waals surface area contributed by atoms with Crippen LogP contribution in [0.15, 0.2) is 11.5 Å². The molecule has 2 amide bonds. The Morgan fingerprint density at radius 1 is 1.44 bits per heavy atom. The van der Waals surface area contributed by atoms with Crippen LogP contribution in [0.2, 0.25) is 0 Å². The average molecular weight is 272 g/mol. The number of nitrogens with one attached hydrogen (secondary N) is 1. The molecule has 0 spiro atoms. The van der Waals surface area contributed by atoms with Crippen LogP contribution >= 0.6 is 0 Å². The van der Waals surface area contributed by atoms with Gasteiger partial charge in [-0.25, -0.2) is 8.42 Å². The molecule has 2 rings (SSSR count). The predicted octanol–water partition coefficient (Wildman–Crippen LogP) is -0.576. The molecular weight excluding hydrogens is 256 g/mol. The molecule has 18 heavy (non-hydrogen) atoms. The van der Waals surface area contributed by atoms with Crippen molar-refractivity contribution in [2.24, 2.45) is 0 Å². The van der Waals surface area contributed by atoms with E-state index in [1.165, 1.54) is 11.0 Å². The Kier molecular flexibility index (Phi) is 3.43. The Morgan fingerprint density at radius 2 is 2.17 bits per heavy atom. The average Bonchev–Trinajstić information content (AvgIpc) is 2.58. The number of hydrogen-bond donors (Lipinski definition) is 1. The van der Waals surface area contributed by atoms with Crippen LogP contribution in [-0.4, -0.2) is 49.5 Å². The summed E-state index contributed by atoms with van der Waals surface area (Å²) in [7, 11) is -3.20. The second-order valence-electron chi connectivity index (χ2n) is 4.54. The van der Waals surface area contributed by atoms with Crippen molar-refractivity contribution in [2.75, 3.05) is 12.3 Å². The lowest BCUT2D eigenvalue weighted by molar-refractivity contribution is -0.134. The molecule has 2 aliphatic heterocycles. The van der Waals surface area contributed by atoms with E-state index in [2.05, 4.69) is 5.32 Å². The standard InChI is InChI=1S/C11H16N2O4S/c1-2-9-11(15)13(5-3-10(14)12-9)8-4-6-18(16,17)7-8/h4,6,8-9H,2-3,5,7H2,1H3,(H,12,14). The maximum absolute atomic E-state index is 12.2. The summed E-state index contributed by atoms with van der Waals surface area (Å²) in [5.74, 6) is -0.443. The summed E-state index contributed by atoms with van der Waals surface area (Å²) in [6, 6.07) is -0.985. The molecule has 2 atom stereocenters. The first-order valence-electron chi connectivity index (χ1n) is 5.94. The van der Waals surface area contributed by atoms with Gasteiger partial charge >= 0.3 is 0 Å². The summed E-state index contributed by atoms with van der Waals surface area (Å²) in [6.45, 7) is 2.08. The molecule has 100 valence electrons. The van der Waals surface area contributed by atoms with Gasteiger partial charge in [-0.15, -0.1) is 0 Å². The third-order valence-corrected chi connectivity index (χ3v) is 4.59. The van der Waals surface area contributed by atoms with E-state index in [0.29, 0.717) is 6.42 Å². The normalized spacial score (nSPS) is 31.3. The van der Waals surface area contributed by atoms with Gasteiger partial charge in [-0.2, -0.15) is 0 Å². The molecule has 1 fully saturated rings. The monoisotopic (exact) mass is 272 g/mol. The van der Waals surface area contributed by atoms with E-state index in [9.17, 15) is 18.0 Å². The Hall–Kier alpha value is -1.37. The fraction of sp³-hybridized carbons (Fsp3) is 0.636. The van der Waals surface area contributed by atoms with E-state index in [-0.39, 0.29) is 30.5 Å². The van der Waals surface area contributed by atoms with Crippen molar-refractivity contribution in [1.82, 2.24) is 10.2 Å². The number of amides is 2. The summed E-state index contributed by atoms with van der Waals surface area (Å²) in [5.41, 5.74) is 0. The lowest BCUT2D eigenvalue weighted by Gasteiger charge is -2.27. The summed E-state index contributed by atoms with van der Waals surface area (Å²) < 4.78 is 22.8. The number of nitrogens with zero attached hydrogens (tertiary/aromatic N) is 1. The van der Waals surface area contributed by atoms with Gasteiger partial charge in [-0.05, 0) is 12.5 Å². The molecule has 2 aliphatic rings. The van der Waals surface area contributed by atoms with Gasteiger partial charge in [-0.3, -0.25) is 9.59 Å². The highest BCUT2D eigenvalue weighted by molar-refractivity contribution is 7.94. The molecule has 0 bridgehead atoms. The zero-order valence-corrected chi connectivity index (χ0v) is 10.9. The van der Waals surface area contributed by atoms with Crippen LogP contribution in [-0.2, 0) is 19.4 Å². The van der Waals surface area contributed by atoms with Gasteiger partial charge in [0.15, 0.2) is 9.84 Å². The first-order chi connectivity index (χ1) is 8.43. The zero-order chi connectivity index (χ0) is 13.3. The quantitative estimate of drug-likeness (QED) is 0.729. The van der Waals surface area contributed by atoms with Gasteiger partial charge in [0.05, 0.1) is 11.8 Å². The Labute approximate surface area is 106 Å². The number of sulfone groups is 1. The molecule has 0 radical (unpaired) electrons. The number of hydrogen-bond acceptors (Lipinski definition) is 4. The summed E-state index contributed by atoms with van der Waals surface area (Å²) in [4.78, 5) is 25.2. The maximum Gasteiger partial charge on any atom is 0.245 e. The summed E-state index contributed by atoms with van der Waals surface area (Å²) in [5, 5.41) is 3.79. The second kappa shape index (κ2) is 4.72. The minimum Gasteiger partial charge on any atom is -0.344 e. The second-order valence-corrected chi connectivity index (χ2v) is 6.47. The highest BCUT2D eigenvalue weighted by Crippen LogP contribution is 2.18. The lowest BCUT2D eigenvalue weighted by atomic mass is 10.1. The molecule has 2 unspecified atom stereocenters. The molecule has 0 aromatic rings. The number of rotatable bonds is 2. The third-order valence-electron chi connectivity index (χ3n) is 3.22. The first kappa shape index (κ1) is 13.1. The molecular formula is C11H16N2O4S. The Bertz CT molecular complexity index is 497. The fourth-order valence-electron chi connectivity index (χ4n) is 2.22. The zero-order valence-electron chi connectivity index (χ0n) is 10.1. The fourth-order valence-corrected chi connectivity index (χ4v) is 3.52. The van der Waals surface area contributed by atoms with Crippen molar-refractivity contribution in [3.05, 3.63) is 11.5 Å². The highest BCUT2D eigenvalue weighted by Gasteiger charge is 2.35. The molecule has 0 aliphatic carbocycles. The van der Waals surface area contributed by atoms with Crippen molar-refractivity contribution >= 4 is 21.7 Å². The molecule has 0 saturated carbocycles. The van der Waals surface area contributed by atoms with Gasteiger partial charge in [-0.1, -0.05) is 6.92 Å². The van der Waals surface area contributed by atoms with E-state index in [1.54, 1.807) is 0 Å². The molecule has 1 N–H and O–H groups in total. The van der Waals surface area contributed by atoms with E-state index < -0.39 is 21.9 Å². The molecule has 7 heteroatoms. The van der Waals surface area contributed by atoms with E-state index in [4.69, 9.17) is 0 Å².